The predicted octanol–water partition coefficient (Wildman–Crippen LogP) is 2.57. The second kappa shape index (κ2) is 4.28. The van der Waals surface area contributed by atoms with Crippen LogP contribution in [0, 0.1) is 0 Å². The number of hydrogen-bond acceptors (Lipinski definition) is 2. The quantitative estimate of drug-likeness (QED) is 0.774. The largest absolute Gasteiger partial charge is 0.484 e. The summed E-state index contributed by atoms with van der Waals surface area (Å²) in [6, 6.07) is 4.68. The number of hydrogen-bond donors (Lipinski definition) is 1. The average molecular weight is 208 g/mol. The Morgan fingerprint density at radius 1 is 1.46 bits per heavy atom. The maximum absolute atomic E-state index is 11.8. The van der Waals surface area contributed by atoms with Crippen molar-refractivity contribution in [3.63, 3.8) is 0 Å². The van der Waals surface area contributed by atoms with Crippen LogP contribution in [0.3, 0.4) is 0 Å². The van der Waals surface area contributed by atoms with Crippen LogP contribution in [0.25, 0.3) is 0 Å². The van der Waals surface area contributed by atoms with Gasteiger partial charge in [-0.25, -0.2) is 8.78 Å². The Bertz CT molecular complexity index is 273. The highest BCUT2D eigenvalue weighted by Gasteiger charge is 2.08. The van der Waals surface area contributed by atoms with Gasteiger partial charge in [0.15, 0.2) is 5.75 Å². The molecule has 0 radical (unpaired) electrons. The minimum absolute atomic E-state index is 0.115. The zero-order valence-corrected chi connectivity index (χ0v) is 7.39. The Hall–Kier alpha value is -1.03. The van der Waals surface area contributed by atoms with Crippen LogP contribution in [0.15, 0.2) is 18.2 Å². The third-order valence-electron chi connectivity index (χ3n) is 1.35. The first-order valence-corrected chi connectivity index (χ1v) is 3.94. The minimum atomic E-state index is -2.53. The normalized spacial score (nSPS) is 10.5. The van der Waals surface area contributed by atoms with Crippen molar-refractivity contribution in [3.8, 4) is 5.75 Å². The van der Waals surface area contributed by atoms with Crippen LogP contribution in [0.4, 0.5) is 14.5 Å². The van der Waals surface area contributed by atoms with Gasteiger partial charge in [0.05, 0.1) is 10.7 Å². The first-order chi connectivity index (χ1) is 6.11. The van der Waals surface area contributed by atoms with Crippen LogP contribution < -0.4 is 10.5 Å². The van der Waals surface area contributed by atoms with Crippen molar-refractivity contribution in [2.45, 2.75) is 6.43 Å². The lowest BCUT2D eigenvalue weighted by Gasteiger charge is -2.09. The molecule has 0 spiro atoms. The van der Waals surface area contributed by atoms with Crippen molar-refractivity contribution in [1.82, 2.24) is 0 Å². The molecule has 2 N–H and O–H groups in total. The molecule has 0 bridgehead atoms. The van der Waals surface area contributed by atoms with Crippen molar-refractivity contribution < 1.29 is 13.5 Å². The van der Waals surface area contributed by atoms with Gasteiger partial charge in [-0.2, -0.15) is 0 Å². The van der Waals surface area contributed by atoms with Crippen LogP contribution in [0.2, 0.25) is 5.02 Å². The lowest BCUT2D eigenvalue weighted by Crippen LogP contribution is -2.08. The van der Waals surface area contributed by atoms with E-state index in [1.54, 1.807) is 6.07 Å². The molecule has 5 heteroatoms. The van der Waals surface area contributed by atoms with Gasteiger partial charge in [-0.05, 0) is 12.1 Å². The van der Waals surface area contributed by atoms with Crippen LogP contribution in [0.5, 0.6) is 5.75 Å². The van der Waals surface area contributed by atoms with E-state index in [9.17, 15) is 8.78 Å². The molecule has 0 aliphatic carbocycles. The monoisotopic (exact) mass is 207 g/mol. The molecule has 0 amide bonds. The molecule has 0 aromatic heterocycles. The standard InChI is InChI=1S/C8H8ClF2NO/c9-5-2-1-3-6(12)8(5)13-4-7(10)11/h1-3,7H,4,12H2. The van der Waals surface area contributed by atoms with E-state index in [1.807, 2.05) is 0 Å². The van der Waals surface area contributed by atoms with Gasteiger partial charge in [0.1, 0.15) is 6.61 Å². The van der Waals surface area contributed by atoms with Crippen molar-refractivity contribution in [3.05, 3.63) is 23.2 Å². The van der Waals surface area contributed by atoms with E-state index in [-0.39, 0.29) is 16.5 Å². The van der Waals surface area contributed by atoms with Crippen molar-refractivity contribution in [2.24, 2.45) is 0 Å². The van der Waals surface area contributed by atoms with Gasteiger partial charge < -0.3 is 10.5 Å². The third kappa shape index (κ3) is 2.73. The molecule has 1 aromatic rings. The summed E-state index contributed by atoms with van der Waals surface area (Å²) in [7, 11) is 0. The van der Waals surface area contributed by atoms with Gasteiger partial charge in [-0.3, -0.25) is 0 Å². The lowest BCUT2D eigenvalue weighted by molar-refractivity contribution is 0.0823. The number of nitrogens with two attached hydrogens (primary N) is 1. The van der Waals surface area contributed by atoms with Gasteiger partial charge in [-0.15, -0.1) is 0 Å². The highest BCUT2D eigenvalue weighted by molar-refractivity contribution is 6.32. The van der Waals surface area contributed by atoms with Gasteiger partial charge in [-0.1, -0.05) is 17.7 Å². The third-order valence-corrected chi connectivity index (χ3v) is 1.65. The summed E-state index contributed by atoms with van der Waals surface area (Å²) in [6.45, 7) is -0.700. The van der Waals surface area contributed by atoms with Gasteiger partial charge in [0.25, 0.3) is 6.43 Å². The van der Waals surface area contributed by atoms with E-state index >= 15 is 0 Å². The number of para-hydroxylation sites is 1. The fourth-order valence-electron chi connectivity index (χ4n) is 0.824. The molecule has 13 heavy (non-hydrogen) atoms. The molecule has 1 aromatic carbocycles. The van der Waals surface area contributed by atoms with Crippen LogP contribution in [0.1, 0.15) is 0 Å². The second-order valence-corrected chi connectivity index (χ2v) is 2.77. The Kier molecular flexibility index (Phi) is 3.31. The SMILES string of the molecule is Nc1cccc(Cl)c1OCC(F)F. The average Bonchev–Trinajstić information content (AvgIpc) is 2.03. The maximum Gasteiger partial charge on any atom is 0.272 e. The minimum Gasteiger partial charge on any atom is -0.484 e. The van der Waals surface area contributed by atoms with E-state index in [0.717, 1.165) is 0 Å². The number of halogens is 3. The maximum atomic E-state index is 11.8. The van der Waals surface area contributed by atoms with E-state index in [1.165, 1.54) is 12.1 Å². The van der Waals surface area contributed by atoms with Gasteiger partial charge >= 0.3 is 0 Å². The molecule has 0 aliphatic heterocycles. The molecular formula is C8H8ClF2NO. The highest BCUT2D eigenvalue weighted by Crippen LogP contribution is 2.30. The van der Waals surface area contributed by atoms with E-state index in [0.29, 0.717) is 0 Å². The number of anilines is 1. The van der Waals surface area contributed by atoms with Gasteiger partial charge in [0, 0.05) is 0 Å². The summed E-state index contributed by atoms with van der Waals surface area (Å²) >= 11 is 5.66. The van der Waals surface area contributed by atoms with Crippen LogP contribution >= 0.6 is 11.6 Å². The zero-order chi connectivity index (χ0) is 9.84. The van der Waals surface area contributed by atoms with E-state index < -0.39 is 13.0 Å². The van der Waals surface area contributed by atoms with Crippen molar-refractivity contribution in [2.75, 3.05) is 12.3 Å². The molecule has 0 fully saturated rings. The van der Waals surface area contributed by atoms with Crippen LogP contribution in [-0.4, -0.2) is 13.0 Å². The van der Waals surface area contributed by atoms with Crippen molar-refractivity contribution in [1.29, 1.82) is 0 Å². The Morgan fingerprint density at radius 3 is 2.69 bits per heavy atom. The molecule has 0 atom stereocenters. The molecule has 0 saturated carbocycles. The smallest absolute Gasteiger partial charge is 0.272 e. The molecule has 0 saturated heterocycles. The van der Waals surface area contributed by atoms with E-state index in [4.69, 9.17) is 22.1 Å². The number of nitrogen functional groups attached to an aromatic ring is 1. The highest BCUT2D eigenvalue weighted by atomic mass is 35.5. The number of alkyl halides is 2. The van der Waals surface area contributed by atoms with Crippen LogP contribution in [-0.2, 0) is 0 Å². The zero-order valence-electron chi connectivity index (χ0n) is 6.64. The Morgan fingerprint density at radius 2 is 2.15 bits per heavy atom. The summed E-state index contributed by atoms with van der Waals surface area (Å²) < 4.78 is 28.3. The number of ether oxygens (including phenoxy) is 1. The molecule has 0 unspecified atom stereocenters. The molecular weight excluding hydrogens is 200 g/mol. The fourth-order valence-corrected chi connectivity index (χ4v) is 1.06. The second-order valence-electron chi connectivity index (χ2n) is 2.36. The molecule has 0 aliphatic rings. The topological polar surface area (TPSA) is 35.2 Å². The summed E-state index contributed by atoms with van der Waals surface area (Å²) in [5, 5.41) is 0.237. The summed E-state index contributed by atoms with van der Waals surface area (Å²) in [5.74, 6) is 0.115. The summed E-state index contributed by atoms with van der Waals surface area (Å²) in [4.78, 5) is 0. The molecule has 72 valence electrons. The van der Waals surface area contributed by atoms with Gasteiger partial charge in [0.2, 0.25) is 0 Å². The Labute approximate surface area is 79.2 Å². The lowest BCUT2D eigenvalue weighted by atomic mass is 10.3. The summed E-state index contributed by atoms with van der Waals surface area (Å²) in [6.07, 6.45) is -2.53. The predicted molar refractivity (Wildman–Crippen MR) is 47.4 cm³/mol. The summed E-state index contributed by atoms with van der Waals surface area (Å²) in [5.41, 5.74) is 5.71. The first kappa shape index (κ1) is 10.1. The van der Waals surface area contributed by atoms with Crippen molar-refractivity contribution >= 4 is 17.3 Å². The number of rotatable bonds is 3. The molecule has 2 nitrogen and oxygen atoms in total. The molecule has 1 rings (SSSR count). The van der Waals surface area contributed by atoms with E-state index in [2.05, 4.69) is 0 Å². The Balaban J connectivity index is 2.75. The first-order valence-electron chi connectivity index (χ1n) is 3.56. The molecule has 0 heterocycles. The number of benzene rings is 1. The fraction of sp³-hybridized carbons (Fsp3) is 0.250.